The van der Waals surface area contributed by atoms with E-state index in [1.165, 1.54) is 5.56 Å². The molecule has 1 aromatic carbocycles. The SMILES string of the molecule is Cc1nc2cc(Oc3[c-]c(-n4[c-][n+](C)cc4C)ccc3)[c-]c(-c3cc(C(C)(C)C)ccn3)n2c1C.[Pt]. The van der Waals surface area contributed by atoms with Crippen molar-refractivity contribution < 1.29 is 30.4 Å². The van der Waals surface area contributed by atoms with Gasteiger partial charge in [0.2, 0.25) is 6.33 Å². The third kappa shape index (κ3) is 4.87. The molecule has 0 aliphatic heterocycles. The Hall–Kier alpha value is -3.24. The van der Waals surface area contributed by atoms with Gasteiger partial charge in [0, 0.05) is 56.3 Å². The molecule has 0 aliphatic rings. The van der Waals surface area contributed by atoms with Crippen LogP contribution in [0.3, 0.4) is 0 Å². The number of ether oxygens (including phenoxy) is 1. The fraction of sp³-hybridized carbons (Fsp3) is 0.276. The number of aryl methyl sites for hydroxylation is 4. The molecule has 36 heavy (non-hydrogen) atoms. The van der Waals surface area contributed by atoms with E-state index in [2.05, 4.69) is 67.7 Å². The van der Waals surface area contributed by atoms with Crippen molar-refractivity contribution in [2.24, 2.45) is 7.05 Å². The van der Waals surface area contributed by atoms with Gasteiger partial charge in [-0.15, -0.1) is 18.2 Å². The molecule has 0 saturated heterocycles. The van der Waals surface area contributed by atoms with E-state index >= 15 is 0 Å². The van der Waals surface area contributed by atoms with E-state index in [4.69, 9.17) is 9.72 Å². The van der Waals surface area contributed by atoms with Crippen molar-refractivity contribution in [2.45, 2.75) is 47.0 Å². The van der Waals surface area contributed by atoms with Crippen LogP contribution in [-0.2, 0) is 33.5 Å². The van der Waals surface area contributed by atoms with E-state index in [0.717, 1.165) is 39.8 Å². The molecular formula is C29H29N5OPt-2. The van der Waals surface area contributed by atoms with Crippen molar-refractivity contribution in [3.63, 3.8) is 0 Å². The van der Waals surface area contributed by atoms with Crippen LogP contribution in [0.25, 0.3) is 22.7 Å². The number of hydrogen-bond donors (Lipinski definition) is 0. The zero-order valence-electron chi connectivity index (χ0n) is 21.6. The molecule has 0 N–H and O–H groups in total. The first-order valence-electron chi connectivity index (χ1n) is 11.7. The molecule has 0 fully saturated rings. The van der Waals surface area contributed by atoms with Gasteiger partial charge < -0.3 is 23.3 Å². The standard InChI is InChI=1S/C29H29N5O.Pt/c1-19-17-32(7)18-33(19)23-9-8-10-24(14-23)35-25-15-27(34-21(3)20(2)31-28(34)16-25)26-13-22(11-12-30-26)29(4,5)6;/h8-13,16-17H,1-7H3;/q-2;. The third-order valence-electron chi connectivity index (χ3n) is 6.17. The van der Waals surface area contributed by atoms with Gasteiger partial charge in [0.15, 0.2) is 0 Å². The molecule has 188 valence electrons. The molecule has 0 radical (unpaired) electrons. The summed E-state index contributed by atoms with van der Waals surface area (Å²) in [4.78, 5) is 9.45. The van der Waals surface area contributed by atoms with Crippen LogP contribution in [0.2, 0.25) is 0 Å². The van der Waals surface area contributed by atoms with E-state index in [1.807, 2.05) is 66.7 Å². The normalized spacial score (nSPS) is 11.5. The van der Waals surface area contributed by atoms with Crippen LogP contribution in [-0.4, -0.2) is 18.9 Å². The van der Waals surface area contributed by atoms with E-state index in [0.29, 0.717) is 11.5 Å². The molecule has 4 aromatic heterocycles. The number of nitrogens with zero attached hydrogens (tertiary/aromatic N) is 5. The number of benzene rings is 1. The second kappa shape index (κ2) is 9.66. The molecule has 0 atom stereocenters. The summed E-state index contributed by atoms with van der Waals surface area (Å²) in [5.41, 5.74) is 7.59. The zero-order valence-corrected chi connectivity index (χ0v) is 23.9. The van der Waals surface area contributed by atoms with Gasteiger partial charge in [0.05, 0.1) is 18.4 Å². The number of hydrogen-bond acceptors (Lipinski definition) is 3. The summed E-state index contributed by atoms with van der Waals surface area (Å²) in [6, 6.07) is 18.7. The second-order valence-corrected chi connectivity index (χ2v) is 9.96. The number of pyridine rings is 2. The fourth-order valence-electron chi connectivity index (χ4n) is 4.19. The van der Waals surface area contributed by atoms with E-state index in [9.17, 15) is 0 Å². The molecule has 6 nitrogen and oxygen atoms in total. The maximum atomic E-state index is 6.28. The number of fused-ring (bicyclic) bond motifs is 1. The monoisotopic (exact) mass is 658 g/mol. The first kappa shape index (κ1) is 25.8. The molecule has 5 rings (SSSR count). The Balaban J connectivity index is 0.00000304. The molecule has 7 heteroatoms. The summed E-state index contributed by atoms with van der Waals surface area (Å²) in [6.07, 6.45) is 7.12. The van der Waals surface area contributed by atoms with Gasteiger partial charge in [-0.2, -0.15) is 12.1 Å². The molecule has 5 aromatic rings. The average Bonchev–Trinajstić information content (AvgIpc) is 3.30. The number of aromatic nitrogens is 5. The van der Waals surface area contributed by atoms with Gasteiger partial charge in [-0.25, -0.2) is 4.98 Å². The maximum Gasteiger partial charge on any atom is 0.241 e. The summed E-state index contributed by atoms with van der Waals surface area (Å²) in [6.45, 7) is 12.7. The van der Waals surface area contributed by atoms with Crippen molar-refractivity contribution >= 4 is 5.65 Å². The van der Waals surface area contributed by atoms with Crippen LogP contribution in [0.15, 0.2) is 48.8 Å². The summed E-state index contributed by atoms with van der Waals surface area (Å²) in [5, 5.41) is 0. The summed E-state index contributed by atoms with van der Waals surface area (Å²) in [7, 11) is 1.95. The molecule has 4 heterocycles. The molecule has 0 amide bonds. The minimum Gasteiger partial charge on any atom is -0.510 e. The Morgan fingerprint density at radius 3 is 2.47 bits per heavy atom. The molecule has 0 bridgehead atoms. The van der Waals surface area contributed by atoms with Gasteiger partial charge >= 0.3 is 0 Å². The Kier molecular flexibility index (Phi) is 6.94. The molecule has 0 saturated carbocycles. The minimum absolute atomic E-state index is 0. The quantitative estimate of drug-likeness (QED) is 0.192. The van der Waals surface area contributed by atoms with Crippen LogP contribution in [0.5, 0.6) is 11.5 Å². The topological polar surface area (TPSA) is 48.2 Å². The number of rotatable bonds is 4. The van der Waals surface area contributed by atoms with Crippen LogP contribution in [0.1, 0.15) is 43.4 Å². The summed E-state index contributed by atoms with van der Waals surface area (Å²) < 4.78 is 12.2. The van der Waals surface area contributed by atoms with Gasteiger partial charge in [-0.1, -0.05) is 44.2 Å². The minimum atomic E-state index is 0. The summed E-state index contributed by atoms with van der Waals surface area (Å²) in [5.74, 6) is 1.15. The van der Waals surface area contributed by atoms with Gasteiger partial charge in [0.25, 0.3) is 0 Å². The Morgan fingerprint density at radius 1 is 1.00 bits per heavy atom. The van der Waals surface area contributed by atoms with Gasteiger partial charge in [-0.05, 0) is 43.6 Å². The van der Waals surface area contributed by atoms with E-state index in [1.54, 1.807) is 0 Å². The van der Waals surface area contributed by atoms with Crippen LogP contribution in [0, 0.1) is 39.2 Å². The first-order chi connectivity index (χ1) is 16.6. The molecule has 0 unspecified atom stereocenters. The van der Waals surface area contributed by atoms with Crippen LogP contribution in [0.4, 0.5) is 0 Å². The van der Waals surface area contributed by atoms with Gasteiger partial charge in [-0.3, -0.25) is 0 Å². The third-order valence-corrected chi connectivity index (χ3v) is 6.17. The average molecular weight is 659 g/mol. The zero-order chi connectivity index (χ0) is 24.9. The fourth-order valence-corrected chi connectivity index (χ4v) is 4.19. The van der Waals surface area contributed by atoms with Crippen molar-refractivity contribution in [3.05, 3.63) is 89.9 Å². The Morgan fingerprint density at radius 2 is 1.78 bits per heavy atom. The Bertz CT molecular complexity index is 1560. The smallest absolute Gasteiger partial charge is 0.241 e. The van der Waals surface area contributed by atoms with Crippen LogP contribution >= 0.6 is 0 Å². The van der Waals surface area contributed by atoms with E-state index < -0.39 is 0 Å². The Labute approximate surface area is 226 Å². The molecule has 0 spiro atoms. The van der Waals surface area contributed by atoms with Crippen molar-refractivity contribution in [3.8, 4) is 28.6 Å². The van der Waals surface area contributed by atoms with Crippen molar-refractivity contribution in [2.75, 3.05) is 0 Å². The predicted octanol–water partition coefficient (Wildman–Crippen LogP) is 5.42. The number of imidazole rings is 2. The van der Waals surface area contributed by atoms with E-state index in [-0.39, 0.29) is 26.5 Å². The van der Waals surface area contributed by atoms with Crippen LogP contribution < -0.4 is 9.30 Å². The first-order valence-corrected chi connectivity index (χ1v) is 11.7. The predicted molar refractivity (Wildman–Crippen MR) is 135 cm³/mol. The molecular weight excluding hydrogens is 629 g/mol. The second-order valence-electron chi connectivity index (χ2n) is 9.96. The van der Waals surface area contributed by atoms with Crippen molar-refractivity contribution in [1.82, 2.24) is 18.9 Å². The van der Waals surface area contributed by atoms with Crippen molar-refractivity contribution in [1.29, 1.82) is 0 Å². The molecule has 0 aliphatic carbocycles. The largest absolute Gasteiger partial charge is 0.510 e. The summed E-state index contributed by atoms with van der Waals surface area (Å²) >= 11 is 0. The van der Waals surface area contributed by atoms with Gasteiger partial charge in [0.1, 0.15) is 0 Å². The maximum absolute atomic E-state index is 6.28.